The highest BCUT2D eigenvalue weighted by Crippen LogP contribution is 2.16. The molecule has 0 N–H and O–H groups in total. The molecular weight excluding hydrogens is 342 g/mol. The maximum atomic E-state index is 4.30. The van der Waals surface area contributed by atoms with Gasteiger partial charge in [0.2, 0.25) is 0 Å². The molecule has 28 heavy (non-hydrogen) atoms. The van der Waals surface area contributed by atoms with Gasteiger partial charge < -0.3 is 0 Å². The van der Waals surface area contributed by atoms with Crippen LogP contribution in [0.5, 0.6) is 0 Å². The van der Waals surface area contributed by atoms with Crippen molar-refractivity contribution >= 4 is 17.5 Å². The topological polar surface area (TPSA) is 38.1 Å². The second-order valence-corrected chi connectivity index (χ2v) is 5.51. The molecular formula is C25H39N3. The van der Waals surface area contributed by atoms with E-state index in [2.05, 4.69) is 40.6 Å². The number of rotatable bonds is 4. The Morgan fingerprint density at radius 2 is 1.61 bits per heavy atom. The normalized spacial score (nSPS) is 9.96. The van der Waals surface area contributed by atoms with Gasteiger partial charge in [-0.2, -0.15) is 0 Å². The molecule has 0 aromatic carbocycles. The van der Waals surface area contributed by atoms with Crippen molar-refractivity contribution in [3.05, 3.63) is 71.8 Å². The third-order valence-corrected chi connectivity index (χ3v) is 3.35. The third kappa shape index (κ3) is 11.2. The van der Waals surface area contributed by atoms with Crippen LogP contribution in [0.25, 0.3) is 5.57 Å². The third-order valence-electron chi connectivity index (χ3n) is 3.35. The molecule has 0 radical (unpaired) electrons. The molecule has 154 valence electrons. The number of hydrogen-bond acceptors (Lipinski definition) is 3. The second kappa shape index (κ2) is 17.8. The summed E-state index contributed by atoms with van der Waals surface area (Å²) < 4.78 is 0. The smallest absolute Gasteiger partial charge is 0.0840 e. The van der Waals surface area contributed by atoms with E-state index in [0.717, 1.165) is 34.6 Å². The van der Waals surface area contributed by atoms with Gasteiger partial charge in [-0.25, -0.2) is 0 Å². The zero-order chi connectivity index (χ0) is 21.9. The van der Waals surface area contributed by atoms with Gasteiger partial charge in [-0.05, 0) is 62.9 Å². The van der Waals surface area contributed by atoms with Crippen LogP contribution in [-0.2, 0) is 0 Å². The number of aromatic nitrogens is 2. The van der Waals surface area contributed by atoms with Gasteiger partial charge in [0.25, 0.3) is 0 Å². The molecule has 0 atom stereocenters. The van der Waals surface area contributed by atoms with Crippen LogP contribution in [0.1, 0.15) is 70.5 Å². The Hall–Kier alpha value is -2.55. The van der Waals surface area contributed by atoms with Crippen molar-refractivity contribution in [3.63, 3.8) is 0 Å². The van der Waals surface area contributed by atoms with Crippen LogP contribution >= 0.6 is 0 Å². The summed E-state index contributed by atoms with van der Waals surface area (Å²) in [6.07, 6.45) is 10.4. The molecule has 0 fully saturated rings. The number of aliphatic imine (C=N–C) groups is 1. The first-order valence-corrected chi connectivity index (χ1v) is 10.2. The first-order valence-electron chi connectivity index (χ1n) is 10.2. The monoisotopic (exact) mass is 381 g/mol. The predicted molar refractivity (Wildman–Crippen MR) is 128 cm³/mol. The van der Waals surface area contributed by atoms with E-state index in [-0.39, 0.29) is 0 Å². The van der Waals surface area contributed by atoms with Gasteiger partial charge in [0.1, 0.15) is 0 Å². The zero-order valence-electron chi connectivity index (χ0n) is 19.4. The zero-order valence-corrected chi connectivity index (χ0v) is 19.4. The summed E-state index contributed by atoms with van der Waals surface area (Å²) in [5.74, 6) is 0. The van der Waals surface area contributed by atoms with Crippen molar-refractivity contribution in [1.29, 1.82) is 0 Å². The van der Waals surface area contributed by atoms with Crippen LogP contribution in [0.3, 0.4) is 0 Å². The number of aryl methyl sites for hydroxylation is 3. The van der Waals surface area contributed by atoms with E-state index in [1.165, 1.54) is 5.56 Å². The molecule has 0 bridgehead atoms. The summed E-state index contributed by atoms with van der Waals surface area (Å²) in [6, 6.07) is 6.11. The van der Waals surface area contributed by atoms with E-state index in [9.17, 15) is 0 Å². The highest BCUT2D eigenvalue weighted by Gasteiger charge is 1.96. The quantitative estimate of drug-likeness (QED) is 0.399. The summed E-state index contributed by atoms with van der Waals surface area (Å²) in [5.41, 5.74) is 6.37. The van der Waals surface area contributed by atoms with Gasteiger partial charge in [0, 0.05) is 18.6 Å². The number of hydrogen-bond donors (Lipinski definition) is 0. The molecule has 0 amide bonds. The lowest BCUT2D eigenvalue weighted by atomic mass is 10.1. The molecule has 0 unspecified atom stereocenters. The summed E-state index contributed by atoms with van der Waals surface area (Å²) in [4.78, 5) is 12.8. The molecule has 2 aromatic heterocycles. The average molecular weight is 382 g/mol. The molecule has 0 saturated carbocycles. The summed E-state index contributed by atoms with van der Waals surface area (Å²) in [6.45, 7) is 21.8. The van der Waals surface area contributed by atoms with E-state index < -0.39 is 0 Å². The molecule has 0 spiro atoms. The number of allylic oxidation sites excluding steroid dienone is 3. The maximum Gasteiger partial charge on any atom is 0.0840 e. The van der Waals surface area contributed by atoms with Crippen LogP contribution in [0.15, 0.2) is 54.3 Å². The molecule has 3 nitrogen and oxygen atoms in total. The molecule has 2 heterocycles. The molecule has 0 aliphatic carbocycles. The van der Waals surface area contributed by atoms with E-state index in [1.54, 1.807) is 0 Å². The van der Waals surface area contributed by atoms with E-state index in [4.69, 9.17) is 0 Å². The van der Waals surface area contributed by atoms with Crippen LogP contribution in [-0.4, -0.2) is 16.2 Å². The van der Waals surface area contributed by atoms with Gasteiger partial charge in [0.05, 0.1) is 17.1 Å². The summed E-state index contributed by atoms with van der Waals surface area (Å²) >= 11 is 0. The lowest BCUT2D eigenvalue weighted by molar-refractivity contribution is 1.16. The van der Waals surface area contributed by atoms with Crippen molar-refractivity contribution in [3.8, 4) is 0 Å². The van der Waals surface area contributed by atoms with Gasteiger partial charge in [0.15, 0.2) is 0 Å². The second-order valence-electron chi connectivity index (χ2n) is 5.51. The lowest BCUT2D eigenvalue weighted by Gasteiger charge is -1.99. The van der Waals surface area contributed by atoms with Crippen molar-refractivity contribution < 1.29 is 0 Å². The largest absolute Gasteiger partial charge is 0.259 e. The standard InChI is InChI=1S/C11H13N.C10H14N2.2C2H6/c1-4-10(5-2)11-7-6-9(3)8-12-11;1-4-5-11-10-6-8(2)7-12-9(10)3;2*1-2/h4-8H,1H2,2-3H3;5-7H,4H2,1-3H3;2*1-2H3/b10-5+;;;. The fourth-order valence-corrected chi connectivity index (χ4v) is 1.95. The van der Waals surface area contributed by atoms with Gasteiger partial charge >= 0.3 is 0 Å². The van der Waals surface area contributed by atoms with Gasteiger partial charge in [-0.3, -0.25) is 15.0 Å². The van der Waals surface area contributed by atoms with Crippen LogP contribution in [0.2, 0.25) is 0 Å². The molecule has 2 rings (SSSR count). The van der Waals surface area contributed by atoms with Crippen LogP contribution < -0.4 is 0 Å². The number of nitrogens with zero attached hydrogens (tertiary/aromatic N) is 3. The summed E-state index contributed by atoms with van der Waals surface area (Å²) in [5, 5.41) is 0. The van der Waals surface area contributed by atoms with Crippen molar-refractivity contribution in [1.82, 2.24) is 9.97 Å². The summed E-state index contributed by atoms with van der Waals surface area (Å²) in [7, 11) is 0. The molecule has 0 aliphatic rings. The maximum absolute atomic E-state index is 4.30. The van der Waals surface area contributed by atoms with Gasteiger partial charge in [-0.1, -0.05) is 59.4 Å². The minimum absolute atomic E-state index is 0.966. The fraction of sp³-hybridized carbons (Fsp3) is 0.400. The van der Waals surface area contributed by atoms with Crippen molar-refractivity contribution in [2.45, 2.75) is 68.7 Å². The molecule has 0 saturated heterocycles. The first kappa shape index (κ1) is 27.7. The Kier molecular flexibility index (Phi) is 17.6. The Balaban J connectivity index is 0. The Morgan fingerprint density at radius 3 is 2.07 bits per heavy atom. The predicted octanol–water partition coefficient (Wildman–Crippen LogP) is 7.84. The highest BCUT2D eigenvalue weighted by atomic mass is 14.8. The average Bonchev–Trinajstić information content (AvgIpc) is 2.74. The fourth-order valence-electron chi connectivity index (χ4n) is 1.95. The van der Waals surface area contributed by atoms with Crippen molar-refractivity contribution in [2.75, 3.05) is 0 Å². The molecule has 3 heteroatoms. The van der Waals surface area contributed by atoms with E-state index in [0.29, 0.717) is 0 Å². The molecule has 0 aliphatic heterocycles. The van der Waals surface area contributed by atoms with E-state index >= 15 is 0 Å². The van der Waals surface area contributed by atoms with E-state index in [1.807, 2.05) is 92.2 Å². The SMILES string of the molecule is C=C/C(=C\C)c1ccc(C)cn1.CC.CC.CCC=Nc1cc(C)cnc1C. The van der Waals surface area contributed by atoms with Gasteiger partial charge in [-0.15, -0.1) is 0 Å². The Labute approximate surface area is 173 Å². The first-order chi connectivity index (χ1) is 13.5. The minimum Gasteiger partial charge on any atom is -0.259 e. The van der Waals surface area contributed by atoms with Crippen LogP contribution in [0.4, 0.5) is 5.69 Å². The Morgan fingerprint density at radius 1 is 1.00 bits per heavy atom. The lowest BCUT2D eigenvalue weighted by Crippen LogP contribution is -1.86. The number of pyridine rings is 2. The Bertz CT molecular complexity index is 711. The minimum atomic E-state index is 0.966. The highest BCUT2D eigenvalue weighted by molar-refractivity contribution is 5.70. The molecule has 2 aromatic rings. The van der Waals surface area contributed by atoms with Crippen LogP contribution in [0, 0.1) is 20.8 Å². The van der Waals surface area contributed by atoms with Crippen molar-refractivity contribution in [2.24, 2.45) is 4.99 Å².